The fraction of sp³-hybridized carbons (Fsp3) is 0.550. The molecule has 3 heteroatoms. The van der Waals surface area contributed by atoms with Crippen molar-refractivity contribution in [2.75, 3.05) is 0 Å². The van der Waals surface area contributed by atoms with E-state index in [4.69, 9.17) is 9.98 Å². The Labute approximate surface area is 278 Å². The van der Waals surface area contributed by atoms with E-state index in [0.717, 1.165) is 60.3 Å². The maximum Gasteiger partial charge on any atom is 0.0634 e. The van der Waals surface area contributed by atoms with Crippen molar-refractivity contribution >= 4 is 23.3 Å². The van der Waals surface area contributed by atoms with Crippen molar-refractivity contribution in [1.82, 2.24) is 0 Å². The first-order valence-electron chi connectivity index (χ1n) is 17.0. The summed E-state index contributed by atoms with van der Waals surface area (Å²) in [7, 11) is 0. The first-order valence-corrected chi connectivity index (χ1v) is 17.0. The largest absolute Gasteiger partial charge is 0.255 e. The van der Waals surface area contributed by atoms with E-state index in [9.17, 15) is 0 Å². The summed E-state index contributed by atoms with van der Waals surface area (Å²) >= 11 is 0. The third kappa shape index (κ3) is 20.2. The molecule has 0 radical (unpaired) electrons. The Balaban J connectivity index is 0.00000924. The van der Waals surface area contributed by atoms with Crippen molar-refractivity contribution in [1.29, 1.82) is 0 Å². The van der Waals surface area contributed by atoms with E-state index >= 15 is 0 Å². The molecule has 0 aliphatic heterocycles. The van der Waals surface area contributed by atoms with Crippen LogP contribution in [0.1, 0.15) is 154 Å². The zero-order valence-corrected chi connectivity index (χ0v) is 28.9. The zero-order valence-electron chi connectivity index (χ0n) is 27.3. The summed E-state index contributed by atoms with van der Waals surface area (Å²) in [4.78, 5) is 9.63. The number of aliphatic imine (C=N–C) groups is 2. The number of rotatable bonds is 20. The van der Waals surface area contributed by atoms with Gasteiger partial charge in [0.25, 0.3) is 0 Å². The summed E-state index contributed by atoms with van der Waals surface area (Å²) < 4.78 is 0. The second kappa shape index (κ2) is 27.1. The molecule has 0 spiro atoms. The Bertz CT molecular complexity index is 1140. The normalized spacial score (nSPS) is 11.0. The van der Waals surface area contributed by atoms with Crippen LogP contribution in [0.5, 0.6) is 0 Å². The maximum atomic E-state index is 4.90. The topological polar surface area (TPSA) is 24.7 Å². The number of benzene rings is 2. The smallest absolute Gasteiger partial charge is 0.0634 e. The number of unbranched alkanes of at least 4 members (excludes halogenated alkanes) is 15. The molecule has 2 nitrogen and oxygen atoms in total. The molecule has 0 amide bonds. The van der Waals surface area contributed by atoms with Gasteiger partial charge in [0.15, 0.2) is 0 Å². The van der Waals surface area contributed by atoms with E-state index in [2.05, 4.69) is 80.9 Å². The molecule has 0 aromatic heterocycles. The molecular formula is C40H56N2Pd. The van der Waals surface area contributed by atoms with Crippen LogP contribution in [0.25, 0.3) is 0 Å². The molecule has 2 aromatic rings. The quantitative estimate of drug-likeness (QED) is 0.0579. The van der Waals surface area contributed by atoms with Crippen LogP contribution in [-0.2, 0) is 20.4 Å². The van der Waals surface area contributed by atoms with Crippen LogP contribution in [0.2, 0.25) is 0 Å². The predicted octanol–water partition coefficient (Wildman–Crippen LogP) is 12.3. The van der Waals surface area contributed by atoms with E-state index in [1.807, 2.05) is 18.3 Å². The van der Waals surface area contributed by atoms with Crippen LogP contribution >= 0.6 is 0 Å². The van der Waals surface area contributed by atoms with E-state index in [-0.39, 0.29) is 20.4 Å². The summed E-state index contributed by atoms with van der Waals surface area (Å²) in [5.41, 5.74) is 5.02. The zero-order chi connectivity index (χ0) is 29.9. The van der Waals surface area contributed by atoms with Gasteiger partial charge in [-0.2, -0.15) is 0 Å². The van der Waals surface area contributed by atoms with E-state index in [0.29, 0.717) is 0 Å². The molecule has 43 heavy (non-hydrogen) atoms. The van der Waals surface area contributed by atoms with E-state index < -0.39 is 0 Å². The van der Waals surface area contributed by atoms with Crippen molar-refractivity contribution in [2.24, 2.45) is 9.98 Å². The molecule has 236 valence electrons. The second-order valence-electron chi connectivity index (χ2n) is 11.4. The molecule has 0 N–H and O–H groups in total. The third-order valence-corrected chi connectivity index (χ3v) is 7.43. The van der Waals surface area contributed by atoms with Crippen molar-refractivity contribution in [3.05, 3.63) is 59.7 Å². The van der Waals surface area contributed by atoms with Gasteiger partial charge in [-0.1, -0.05) is 128 Å². The van der Waals surface area contributed by atoms with Gasteiger partial charge in [0.05, 0.1) is 17.1 Å². The van der Waals surface area contributed by atoms with Crippen LogP contribution in [0.15, 0.2) is 58.5 Å². The fourth-order valence-corrected chi connectivity index (χ4v) is 4.74. The first-order chi connectivity index (χ1) is 20.7. The second-order valence-corrected chi connectivity index (χ2v) is 11.4. The molecule has 0 aliphatic rings. The third-order valence-electron chi connectivity index (χ3n) is 7.43. The Morgan fingerprint density at radius 2 is 0.953 bits per heavy atom. The molecule has 0 saturated heterocycles. The van der Waals surface area contributed by atoms with Gasteiger partial charge in [-0.05, 0) is 74.2 Å². The van der Waals surface area contributed by atoms with Crippen molar-refractivity contribution in [3.8, 4) is 23.7 Å². The summed E-state index contributed by atoms with van der Waals surface area (Å²) in [6.07, 6.45) is 25.6. The minimum Gasteiger partial charge on any atom is -0.255 e. The molecule has 0 fully saturated rings. The van der Waals surface area contributed by atoms with Crippen molar-refractivity contribution in [3.63, 3.8) is 0 Å². The molecule has 0 atom stereocenters. The molecule has 2 rings (SSSR count). The Morgan fingerprint density at radius 1 is 0.535 bits per heavy atom. The maximum absolute atomic E-state index is 4.90. The van der Waals surface area contributed by atoms with Crippen LogP contribution in [0, 0.1) is 23.7 Å². The summed E-state index contributed by atoms with van der Waals surface area (Å²) in [5, 5.41) is 0. The Morgan fingerprint density at radius 3 is 1.42 bits per heavy atom. The van der Waals surface area contributed by atoms with Gasteiger partial charge >= 0.3 is 0 Å². The molecule has 0 saturated carbocycles. The van der Waals surface area contributed by atoms with Crippen molar-refractivity contribution in [2.45, 2.75) is 143 Å². The molecule has 0 unspecified atom stereocenters. The number of hydrogen-bond donors (Lipinski definition) is 0. The van der Waals surface area contributed by atoms with Gasteiger partial charge in [0.1, 0.15) is 0 Å². The van der Waals surface area contributed by atoms with Crippen LogP contribution in [0.3, 0.4) is 0 Å². The van der Waals surface area contributed by atoms with Crippen molar-refractivity contribution < 1.29 is 20.4 Å². The van der Waals surface area contributed by atoms with Crippen LogP contribution in [0.4, 0.5) is 11.4 Å². The summed E-state index contributed by atoms with van der Waals surface area (Å²) in [5.74, 6) is 13.3. The molecule has 0 bridgehead atoms. The van der Waals surface area contributed by atoms with Gasteiger partial charge in [0, 0.05) is 50.6 Å². The molecular weight excluding hydrogens is 615 g/mol. The number of nitrogens with zero attached hydrogens (tertiary/aromatic N) is 2. The number of hydrogen-bond acceptors (Lipinski definition) is 2. The van der Waals surface area contributed by atoms with Crippen LogP contribution < -0.4 is 0 Å². The monoisotopic (exact) mass is 670 g/mol. The molecule has 2 aromatic carbocycles. The van der Waals surface area contributed by atoms with E-state index in [1.165, 1.54) is 89.9 Å². The van der Waals surface area contributed by atoms with Gasteiger partial charge in [0.2, 0.25) is 0 Å². The SMILES string of the molecule is CCCCCCCCCC#Cc1ccc(N=CC(CCCC)=Nc2ccc(C#CCCCCCCCCC)cc2)cc1.[Pd]. The van der Waals surface area contributed by atoms with E-state index in [1.54, 1.807) is 0 Å². The predicted molar refractivity (Wildman–Crippen MR) is 187 cm³/mol. The first kappa shape index (κ1) is 38.6. The molecule has 0 heterocycles. The molecule has 0 aliphatic carbocycles. The Kier molecular flexibility index (Phi) is 24.4. The van der Waals surface area contributed by atoms with Gasteiger partial charge < -0.3 is 0 Å². The minimum atomic E-state index is 0. The van der Waals surface area contributed by atoms with Gasteiger partial charge in [-0.15, -0.1) is 0 Å². The average Bonchev–Trinajstić information content (AvgIpc) is 3.02. The minimum absolute atomic E-state index is 0. The standard InChI is InChI=1S/C40H56N2.Pd/c1-4-7-10-12-14-16-18-20-22-24-36-27-31-38(32-28-36)41-35-40(26-9-6-3)42-39-33-29-37(30-34-39)25-23-21-19-17-15-13-11-8-5-2;/h27-35H,4-21,26H2,1-3H3;. The Hall–Kier alpha value is -2.44. The average molecular weight is 671 g/mol. The van der Waals surface area contributed by atoms with Gasteiger partial charge in [-0.25, -0.2) is 0 Å². The fourth-order valence-electron chi connectivity index (χ4n) is 4.74. The van der Waals surface area contributed by atoms with Gasteiger partial charge in [-0.3, -0.25) is 9.98 Å². The summed E-state index contributed by atoms with van der Waals surface area (Å²) in [6.45, 7) is 6.75. The van der Waals surface area contributed by atoms with Crippen LogP contribution in [-0.4, -0.2) is 11.9 Å². The summed E-state index contributed by atoms with van der Waals surface area (Å²) in [6, 6.07) is 16.5.